The normalized spacial score (nSPS) is 24.3. The van der Waals surface area contributed by atoms with Gasteiger partial charge in [0.1, 0.15) is 6.04 Å². The summed E-state index contributed by atoms with van der Waals surface area (Å²) < 4.78 is 11.0. The van der Waals surface area contributed by atoms with Crippen LogP contribution >= 0.6 is 0 Å². The minimum absolute atomic E-state index is 0.000245. The molecule has 144 valence electrons. The molecule has 0 radical (unpaired) electrons. The molecule has 1 aromatic rings. The molecule has 0 aliphatic carbocycles. The summed E-state index contributed by atoms with van der Waals surface area (Å²) in [4.78, 5) is 28.3. The summed E-state index contributed by atoms with van der Waals surface area (Å²) >= 11 is 0. The number of carbonyl (C=O) groups is 2. The van der Waals surface area contributed by atoms with Gasteiger partial charge in [0, 0.05) is 31.8 Å². The summed E-state index contributed by atoms with van der Waals surface area (Å²) in [6.45, 7) is 2.41. The average Bonchev–Trinajstić information content (AvgIpc) is 3.23. The van der Waals surface area contributed by atoms with Crippen molar-refractivity contribution in [1.29, 1.82) is 5.41 Å². The van der Waals surface area contributed by atoms with Crippen molar-refractivity contribution in [2.24, 2.45) is 0 Å². The molecule has 4 rings (SSSR count). The first-order chi connectivity index (χ1) is 13.0. The third-order valence-corrected chi connectivity index (χ3v) is 6.02. The van der Waals surface area contributed by atoms with Gasteiger partial charge in [-0.3, -0.25) is 14.5 Å². The fourth-order valence-electron chi connectivity index (χ4n) is 4.51. The fraction of sp³-hybridized carbons (Fsp3) is 0.550. The van der Waals surface area contributed by atoms with Crippen LogP contribution in [-0.2, 0) is 31.3 Å². The van der Waals surface area contributed by atoms with Crippen LogP contribution in [0.15, 0.2) is 24.3 Å². The number of hydrogen-bond donors (Lipinski definition) is 1. The number of hydrogen-bond acceptors (Lipinski definition) is 6. The number of nitrogens with zero attached hydrogens (tertiary/aromatic N) is 2. The van der Waals surface area contributed by atoms with E-state index in [1.807, 2.05) is 17.0 Å². The molecule has 1 atom stereocenters. The van der Waals surface area contributed by atoms with Gasteiger partial charge in [-0.05, 0) is 24.0 Å². The van der Waals surface area contributed by atoms with E-state index in [0.29, 0.717) is 38.4 Å². The van der Waals surface area contributed by atoms with Crippen LogP contribution in [0.2, 0.25) is 0 Å². The zero-order chi connectivity index (χ0) is 19.0. The number of fused-ring (bicyclic) bond motifs is 2. The predicted molar refractivity (Wildman–Crippen MR) is 98.4 cm³/mol. The molecular formula is C20H25N3O4. The number of benzene rings is 1. The zero-order valence-corrected chi connectivity index (χ0v) is 15.6. The van der Waals surface area contributed by atoms with Crippen LogP contribution in [0.4, 0.5) is 0 Å². The Morgan fingerprint density at radius 1 is 1.30 bits per heavy atom. The summed E-state index contributed by atoms with van der Waals surface area (Å²) in [6, 6.07) is 7.80. The highest BCUT2D eigenvalue weighted by molar-refractivity contribution is 5.94. The van der Waals surface area contributed by atoms with Crippen LogP contribution < -0.4 is 0 Å². The standard InChI is InChI=1S/C20H25N3O4/c1-26-19(25)17-10-15(21)11-23(17)12-18(24)22-8-6-20(7-9-22)16-5-3-2-4-14(16)13-27-20/h2-5,17,21H,6-13H2,1H3. The lowest BCUT2D eigenvalue weighted by atomic mass is 9.84. The molecule has 1 unspecified atom stereocenters. The monoisotopic (exact) mass is 371 g/mol. The molecule has 2 fully saturated rings. The third-order valence-electron chi connectivity index (χ3n) is 6.02. The largest absolute Gasteiger partial charge is 0.468 e. The lowest BCUT2D eigenvalue weighted by Gasteiger charge is -2.39. The summed E-state index contributed by atoms with van der Waals surface area (Å²) in [5.74, 6) is -0.377. The van der Waals surface area contributed by atoms with Gasteiger partial charge in [0.2, 0.25) is 5.91 Å². The van der Waals surface area contributed by atoms with Gasteiger partial charge in [0.05, 0.1) is 25.9 Å². The number of nitrogens with one attached hydrogen (secondary N) is 1. The van der Waals surface area contributed by atoms with Gasteiger partial charge in [0.25, 0.3) is 0 Å². The highest BCUT2D eigenvalue weighted by Crippen LogP contribution is 2.43. The van der Waals surface area contributed by atoms with Crippen molar-refractivity contribution in [3.63, 3.8) is 0 Å². The van der Waals surface area contributed by atoms with E-state index in [1.54, 1.807) is 4.90 Å². The van der Waals surface area contributed by atoms with Crippen LogP contribution in [0.1, 0.15) is 30.4 Å². The Bertz CT molecular complexity index is 770. The molecule has 3 heterocycles. The van der Waals surface area contributed by atoms with E-state index in [1.165, 1.54) is 18.2 Å². The van der Waals surface area contributed by atoms with Crippen molar-refractivity contribution in [2.75, 3.05) is 33.3 Å². The summed E-state index contributed by atoms with van der Waals surface area (Å²) in [5.41, 5.74) is 2.70. The molecule has 1 aromatic carbocycles. The highest BCUT2D eigenvalue weighted by atomic mass is 16.5. The molecule has 27 heavy (non-hydrogen) atoms. The Balaban J connectivity index is 1.38. The Hall–Kier alpha value is -2.25. The Labute approximate surface area is 158 Å². The minimum Gasteiger partial charge on any atom is -0.468 e. The van der Waals surface area contributed by atoms with Crippen molar-refractivity contribution >= 4 is 17.6 Å². The number of amides is 1. The average molecular weight is 371 g/mol. The van der Waals surface area contributed by atoms with Gasteiger partial charge >= 0.3 is 5.97 Å². The van der Waals surface area contributed by atoms with E-state index < -0.39 is 6.04 Å². The van der Waals surface area contributed by atoms with E-state index in [9.17, 15) is 9.59 Å². The van der Waals surface area contributed by atoms with E-state index in [2.05, 4.69) is 12.1 Å². The number of carbonyl (C=O) groups excluding carboxylic acids is 2. The topological polar surface area (TPSA) is 82.9 Å². The number of rotatable bonds is 3. The van der Waals surface area contributed by atoms with Crippen molar-refractivity contribution < 1.29 is 19.1 Å². The summed E-state index contributed by atoms with van der Waals surface area (Å²) in [5, 5.41) is 7.85. The molecule has 2 saturated heterocycles. The number of likely N-dealkylation sites (tertiary alicyclic amines) is 2. The van der Waals surface area contributed by atoms with Crippen LogP contribution in [0, 0.1) is 5.41 Å². The van der Waals surface area contributed by atoms with Crippen molar-refractivity contribution in [3.05, 3.63) is 35.4 Å². The molecule has 1 amide bonds. The SMILES string of the molecule is COC(=O)C1CC(=N)CN1CC(=O)N1CCC2(CC1)OCc1ccccc12. The van der Waals surface area contributed by atoms with Gasteiger partial charge in [-0.2, -0.15) is 0 Å². The molecule has 0 bridgehead atoms. The molecule has 7 heteroatoms. The third kappa shape index (κ3) is 3.26. The molecule has 3 aliphatic rings. The van der Waals surface area contributed by atoms with Gasteiger partial charge in [0.15, 0.2) is 0 Å². The maximum absolute atomic E-state index is 12.8. The molecule has 1 spiro atoms. The Morgan fingerprint density at radius 3 is 2.78 bits per heavy atom. The van der Waals surface area contributed by atoms with Gasteiger partial charge in [-0.15, -0.1) is 0 Å². The predicted octanol–water partition coefficient (Wildman–Crippen LogP) is 1.30. The molecule has 3 aliphatic heterocycles. The van der Waals surface area contributed by atoms with Crippen LogP contribution in [0.5, 0.6) is 0 Å². The second-order valence-corrected chi connectivity index (χ2v) is 7.57. The maximum Gasteiger partial charge on any atom is 0.323 e. The van der Waals surface area contributed by atoms with Crippen LogP contribution in [-0.4, -0.2) is 66.7 Å². The van der Waals surface area contributed by atoms with Crippen LogP contribution in [0.25, 0.3) is 0 Å². The van der Waals surface area contributed by atoms with E-state index in [-0.39, 0.29) is 24.0 Å². The van der Waals surface area contributed by atoms with Gasteiger partial charge < -0.3 is 19.8 Å². The lowest BCUT2D eigenvalue weighted by Crippen LogP contribution is -2.49. The van der Waals surface area contributed by atoms with Crippen LogP contribution in [0.3, 0.4) is 0 Å². The van der Waals surface area contributed by atoms with Gasteiger partial charge in [-0.1, -0.05) is 24.3 Å². The number of piperidine rings is 1. The second-order valence-electron chi connectivity index (χ2n) is 7.57. The number of methoxy groups -OCH3 is 1. The first kappa shape index (κ1) is 18.1. The second kappa shape index (κ2) is 7.05. The smallest absolute Gasteiger partial charge is 0.323 e. The Kier molecular flexibility index (Phi) is 4.74. The molecule has 7 nitrogen and oxygen atoms in total. The molecule has 0 aromatic heterocycles. The first-order valence-corrected chi connectivity index (χ1v) is 9.41. The van der Waals surface area contributed by atoms with E-state index >= 15 is 0 Å². The molecule has 1 N–H and O–H groups in total. The van der Waals surface area contributed by atoms with Gasteiger partial charge in [-0.25, -0.2) is 0 Å². The fourth-order valence-corrected chi connectivity index (χ4v) is 4.51. The van der Waals surface area contributed by atoms with Crippen molar-refractivity contribution in [3.8, 4) is 0 Å². The van der Waals surface area contributed by atoms with E-state index in [4.69, 9.17) is 14.9 Å². The quantitative estimate of drug-likeness (QED) is 0.810. The summed E-state index contributed by atoms with van der Waals surface area (Å²) in [6.07, 6.45) is 1.91. The number of ether oxygens (including phenoxy) is 2. The van der Waals surface area contributed by atoms with Crippen molar-refractivity contribution in [1.82, 2.24) is 9.80 Å². The lowest BCUT2D eigenvalue weighted by molar-refractivity contribution is -0.147. The number of esters is 1. The molecular weight excluding hydrogens is 346 g/mol. The van der Waals surface area contributed by atoms with E-state index in [0.717, 1.165) is 12.8 Å². The highest BCUT2D eigenvalue weighted by Gasteiger charge is 2.44. The Morgan fingerprint density at radius 2 is 2.04 bits per heavy atom. The van der Waals surface area contributed by atoms with Crippen molar-refractivity contribution in [2.45, 2.75) is 37.5 Å². The summed E-state index contributed by atoms with van der Waals surface area (Å²) in [7, 11) is 1.34. The minimum atomic E-state index is -0.521. The first-order valence-electron chi connectivity index (χ1n) is 9.41. The zero-order valence-electron chi connectivity index (χ0n) is 15.6. The molecule has 0 saturated carbocycles. The maximum atomic E-state index is 12.8.